The standard InChI is InChI=1S/C16H13FN4O/c17-9-5-7-10(8-6-9)21-12-4-2-1-3-11(12)14(22)13-15(18)19-20-16(13)21/h1-8,13,16,20H,(H2,18,19). The minimum absolute atomic E-state index is 0.0507. The fraction of sp³-hybridized carbons (Fsp3) is 0.125. The third-order valence-electron chi connectivity index (χ3n) is 4.05. The predicted octanol–water partition coefficient (Wildman–Crippen LogP) is 1.98. The summed E-state index contributed by atoms with van der Waals surface area (Å²) < 4.78 is 13.2. The van der Waals surface area contributed by atoms with E-state index in [0.717, 1.165) is 11.4 Å². The van der Waals surface area contributed by atoms with E-state index in [1.807, 2.05) is 23.1 Å². The molecule has 0 bridgehead atoms. The molecular weight excluding hydrogens is 283 g/mol. The summed E-state index contributed by atoms with van der Waals surface area (Å²) in [6.07, 6.45) is -0.395. The van der Waals surface area contributed by atoms with Gasteiger partial charge >= 0.3 is 0 Å². The van der Waals surface area contributed by atoms with E-state index in [2.05, 4.69) is 10.5 Å². The van der Waals surface area contributed by atoms with Gasteiger partial charge in [0, 0.05) is 11.3 Å². The van der Waals surface area contributed by atoms with E-state index in [9.17, 15) is 9.18 Å². The van der Waals surface area contributed by atoms with Crippen LogP contribution in [-0.4, -0.2) is 17.8 Å². The molecule has 2 aliphatic heterocycles. The number of carbonyl (C=O) groups excluding carboxylic acids is 1. The zero-order chi connectivity index (χ0) is 15.3. The summed E-state index contributed by atoms with van der Waals surface area (Å²) in [4.78, 5) is 14.6. The Morgan fingerprint density at radius 2 is 1.86 bits per heavy atom. The highest BCUT2D eigenvalue weighted by Crippen LogP contribution is 2.39. The second kappa shape index (κ2) is 4.56. The van der Waals surface area contributed by atoms with Crippen LogP contribution in [0.3, 0.4) is 0 Å². The van der Waals surface area contributed by atoms with Gasteiger partial charge in [-0.2, -0.15) is 5.10 Å². The third-order valence-corrected chi connectivity index (χ3v) is 4.05. The van der Waals surface area contributed by atoms with Gasteiger partial charge in [0.2, 0.25) is 0 Å². The van der Waals surface area contributed by atoms with Crippen LogP contribution < -0.4 is 16.1 Å². The number of hydrogen-bond donors (Lipinski definition) is 2. The first-order valence-electron chi connectivity index (χ1n) is 6.93. The Kier molecular flexibility index (Phi) is 2.66. The number of carbonyl (C=O) groups is 1. The Morgan fingerprint density at radius 1 is 1.14 bits per heavy atom. The van der Waals surface area contributed by atoms with Gasteiger partial charge in [0.1, 0.15) is 23.7 Å². The van der Waals surface area contributed by atoms with Gasteiger partial charge < -0.3 is 10.6 Å². The highest BCUT2D eigenvalue weighted by atomic mass is 19.1. The number of nitrogens with zero attached hydrogens (tertiary/aromatic N) is 2. The van der Waals surface area contributed by atoms with Gasteiger partial charge in [-0.1, -0.05) is 12.1 Å². The number of para-hydroxylation sites is 1. The van der Waals surface area contributed by atoms with Gasteiger partial charge in [0.15, 0.2) is 5.78 Å². The largest absolute Gasteiger partial charge is 0.385 e. The summed E-state index contributed by atoms with van der Waals surface area (Å²) in [5, 5.41) is 4.02. The molecule has 4 rings (SSSR count). The lowest BCUT2D eigenvalue weighted by Crippen LogP contribution is -2.52. The second-order valence-electron chi connectivity index (χ2n) is 5.32. The number of Topliss-reactive ketones (excluding diaryl/α,β-unsaturated/α-hetero) is 1. The summed E-state index contributed by atoms with van der Waals surface area (Å²) in [6, 6.07) is 13.5. The fourth-order valence-electron chi connectivity index (χ4n) is 3.04. The quantitative estimate of drug-likeness (QED) is 0.844. The monoisotopic (exact) mass is 296 g/mol. The molecule has 0 spiro atoms. The van der Waals surface area contributed by atoms with Crippen LogP contribution in [0.25, 0.3) is 0 Å². The molecule has 0 radical (unpaired) electrons. The number of ketones is 1. The molecule has 2 unspecified atom stereocenters. The molecule has 2 aromatic rings. The van der Waals surface area contributed by atoms with Gasteiger partial charge in [-0.3, -0.25) is 10.2 Å². The molecule has 0 fully saturated rings. The number of nitrogens with one attached hydrogen (secondary N) is 1. The van der Waals surface area contributed by atoms with Crippen molar-refractivity contribution >= 4 is 23.0 Å². The van der Waals surface area contributed by atoms with E-state index in [0.29, 0.717) is 5.56 Å². The van der Waals surface area contributed by atoms with Crippen molar-refractivity contribution in [2.45, 2.75) is 6.17 Å². The van der Waals surface area contributed by atoms with Crippen molar-refractivity contribution in [1.82, 2.24) is 5.43 Å². The maximum atomic E-state index is 13.2. The van der Waals surface area contributed by atoms with E-state index < -0.39 is 12.1 Å². The topological polar surface area (TPSA) is 70.7 Å². The number of anilines is 2. The summed E-state index contributed by atoms with van der Waals surface area (Å²) >= 11 is 0. The van der Waals surface area contributed by atoms with Crippen molar-refractivity contribution in [3.05, 3.63) is 59.9 Å². The van der Waals surface area contributed by atoms with Crippen LogP contribution in [0.1, 0.15) is 10.4 Å². The number of halogens is 1. The summed E-state index contributed by atoms with van der Waals surface area (Å²) in [5.74, 6) is -0.626. The highest BCUT2D eigenvalue weighted by Gasteiger charge is 2.46. The van der Waals surface area contributed by atoms with E-state index >= 15 is 0 Å². The number of hydrazone groups is 1. The summed E-state index contributed by atoms with van der Waals surface area (Å²) in [6.45, 7) is 0. The first kappa shape index (κ1) is 12.8. The number of benzene rings is 2. The van der Waals surface area contributed by atoms with Crippen molar-refractivity contribution in [2.24, 2.45) is 16.8 Å². The Morgan fingerprint density at radius 3 is 2.64 bits per heavy atom. The molecule has 0 aromatic heterocycles. The van der Waals surface area contributed by atoms with Gasteiger partial charge in [-0.05, 0) is 36.4 Å². The van der Waals surface area contributed by atoms with Crippen molar-refractivity contribution in [3.63, 3.8) is 0 Å². The second-order valence-corrected chi connectivity index (χ2v) is 5.32. The van der Waals surface area contributed by atoms with Gasteiger partial charge in [-0.25, -0.2) is 4.39 Å². The summed E-state index contributed by atoms with van der Waals surface area (Å²) in [7, 11) is 0. The zero-order valence-electron chi connectivity index (χ0n) is 11.5. The minimum Gasteiger partial charge on any atom is -0.385 e. The highest BCUT2D eigenvalue weighted by molar-refractivity contribution is 6.17. The minimum atomic E-state index is -0.542. The first-order chi connectivity index (χ1) is 10.7. The predicted molar refractivity (Wildman–Crippen MR) is 81.3 cm³/mol. The lowest BCUT2D eigenvalue weighted by molar-refractivity contribution is 0.0933. The number of amidine groups is 1. The molecular formula is C16H13FN4O. The molecule has 2 heterocycles. The molecule has 2 aliphatic rings. The maximum Gasteiger partial charge on any atom is 0.179 e. The molecule has 5 nitrogen and oxygen atoms in total. The molecule has 0 amide bonds. The van der Waals surface area contributed by atoms with E-state index in [1.165, 1.54) is 12.1 Å². The van der Waals surface area contributed by atoms with Crippen LogP contribution >= 0.6 is 0 Å². The number of rotatable bonds is 1. The Hall–Kier alpha value is -2.89. The molecule has 110 valence electrons. The molecule has 0 saturated heterocycles. The lowest BCUT2D eigenvalue weighted by Gasteiger charge is -2.38. The van der Waals surface area contributed by atoms with Crippen LogP contribution in [0, 0.1) is 11.7 Å². The molecule has 6 heteroatoms. The Bertz CT molecular complexity index is 787. The van der Waals surface area contributed by atoms with Crippen LogP contribution in [0.15, 0.2) is 53.6 Å². The van der Waals surface area contributed by atoms with Crippen LogP contribution in [0.4, 0.5) is 15.8 Å². The molecule has 3 N–H and O–H groups in total. The SMILES string of the molecule is NC1=NNC2C1C(=O)c1ccccc1N2c1ccc(F)cc1. The first-order valence-corrected chi connectivity index (χ1v) is 6.93. The average molecular weight is 296 g/mol. The number of nitrogens with two attached hydrogens (primary N) is 1. The Balaban J connectivity index is 1.90. The fourth-order valence-corrected chi connectivity index (χ4v) is 3.04. The van der Waals surface area contributed by atoms with E-state index in [-0.39, 0.29) is 17.4 Å². The normalized spacial score (nSPS) is 22.7. The lowest BCUT2D eigenvalue weighted by atomic mass is 9.87. The number of fused-ring (bicyclic) bond motifs is 2. The molecule has 2 aromatic carbocycles. The summed E-state index contributed by atoms with van der Waals surface area (Å²) in [5.41, 5.74) is 10.9. The van der Waals surface area contributed by atoms with Crippen LogP contribution in [-0.2, 0) is 0 Å². The van der Waals surface area contributed by atoms with Crippen molar-refractivity contribution < 1.29 is 9.18 Å². The molecule has 0 aliphatic carbocycles. The third kappa shape index (κ3) is 1.70. The van der Waals surface area contributed by atoms with Gasteiger partial charge in [0.05, 0.1) is 5.69 Å². The van der Waals surface area contributed by atoms with Crippen LogP contribution in [0.2, 0.25) is 0 Å². The van der Waals surface area contributed by atoms with Crippen molar-refractivity contribution in [2.75, 3.05) is 4.90 Å². The maximum absolute atomic E-state index is 13.2. The van der Waals surface area contributed by atoms with Gasteiger partial charge in [-0.15, -0.1) is 0 Å². The zero-order valence-corrected chi connectivity index (χ0v) is 11.5. The molecule has 2 atom stereocenters. The smallest absolute Gasteiger partial charge is 0.179 e. The van der Waals surface area contributed by atoms with Crippen molar-refractivity contribution in [3.8, 4) is 0 Å². The van der Waals surface area contributed by atoms with E-state index in [4.69, 9.17) is 5.73 Å². The average Bonchev–Trinajstić information content (AvgIpc) is 2.91. The number of hydrogen-bond acceptors (Lipinski definition) is 5. The molecule has 22 heavy (non-hydrogen) atoms. The van der Waals surface area contributed by atoms with Crippen LogP contribution in [0.5, 0.6) is 0 Å². The van der Waals surface area contributed by atoms with Crippen molar-refractivity contribution in [1.29, 1.82) is 0 Å². The van der Waals surface area contributed by atoms with E-state index in [1.54, 1.807) is 18.2 Å². The van der Waals surface area contributed by atoms with Gasteiger partial charge in [0.25, 0.3) is 0 Å². The molecule has 0 saturated carbocycles. The Labute approximate surface area is 126 Å².